The van der Waals surface area contributed by atoms with E-state index in [0.717, 1.165) is 12.3 Å². The summed E-state index contributed by atoms with van der Waals surface area (Å²) in [6, 6.07) is 0. The van der Waals surface area contributed by atoms with E-state index in [1.54, 1.807) is 0 Å². The predicted molar refractivity (Wildman–Crippen MR) is 83.2 cm³/mol. The van der Waals surface area contributed by atoms with E-state index in [0.29, 0.717) is 19.0 Å². The highest BCUT2D eigenvalue weighted by Crippen LogP contribution is 2.30. The van der Waals surface area contributed by atoms with Crippen LogP contribution < -0.4 is 10.5 Å². The summed E-state index contributed by atoms with van der Waals surface area (Å²) < 4.78 is 28.7. The molecule has 1 aliphatic rings. The average Bonchev–Trinajstić information content (AvgIpc) is 2.81. The lowest BCUT2D eigenvalue weighted by atomic mass is 9.81. The van der Waals surface area contributed by atoms with E-state index >= 15 is 0 Å². The van der Waals surface area contributed by atoms with Gasteiger partial charge >= 0.3 is 0 Å². The number of nitrogens with one attached hydrogen (secondary N) is 1. The molecule has 0 saturated heterocycles. The summed E-state index contributed by atoms with van der Waals surface area (Å²) in [6.07, 6.45) is 7.36. The zero-order valence-electron chi connectivity index (χ0n) is 12.9. The van der Waals surface area contributed by atoms with Crippen LogP contribution in [0.4, 0.5) is 5.82 Å². The van der Waals surface area contributed by atoms with Crippen LogP contribution in [0.1, 0.15) is 46.0 Å². The molecule has 7 heteroatoms. The molecule has 1 aromatic rings. The fourth-order valence-electron chi connectivity index (χ4n) is 3.08. The van der Waals surface area contributed by atoms with Gasteiger partial charge in [-0.25, -0.2) is 13.1 Å². The van der Waals surface area contributed by atoms with Gasteiger partial charge in [0, 0.05) is 19.3 Å². The van der Waals surface area contributed by atoms with E-state index in [-0.39, 0.29) is 10.7 Å². The first-order valence-electron chi connectivity index (χ1n) is 7.75. The van der Waals surface area contributed by atoms with E-state index in [9.17, 15) is 8.42 Å². The number of nitrogens with two attached hydrogens (primary N) is 1. The summed E-state index contributed by atoms with van der Waals surface area (Å²) in [4.78, 5) is 0.0846. The van der Waals surface area contributed by atoms with Gasteiger partial charge in [0.1, 0.15) is 4.90 Å². The smallest absolute Gasteiger partial charge is 0.245 e. The Kier molecular flexibility index (Phi) is 5.27. The summed E-state index contributed by atoms with van der Waals surface area (Å²) in [5.74, 6) is 1.46. The van der Waals surface area contributed by atoms with Gasteiger partial charge in [0.2, 0.25) is 10.0 Å². The number of nitrogen functional groups attached to an aromatic ring is 1. The van der Waals surface area contributed by atoms with E-state index in [4.69, 9.17) is 5.73 Å². The molecule has 3 N–H and O–H groups in total. The van der Waals surface area contributed by atoms with Crippen LogP contribution in [0.15, 0.2) is 11.1 Å². The fraction of sp³-hybridized carbons (Fsp3) is 0.786. The van der Waals surface area contributed by atoms with E-state index in [1.807, 2.05) is 6.92 Å². The molecular formula is C14H26N4O2S. The highest BCUT2D eigenvalue weighted by molar-refractivity contribution is 7.89. The van der Waals surface area contributed by atoms with Gasteiger partial charge in [-0.1, -0.05) is 26.2 Å². The van der Waals surface area contributed by atoms with Crippen LogP contribution in [0.2, 0.25) is 0 Å². The SMILES string of the molecule is CCn1cc(S(=O)(=O)NCCC2CCCC(C)C2)c(N)n1. The third-order valence-electron chi connectivity index (χ3n) is 4.26. The van der Waals surface area contributed by atoms with Crippen molar-refractivity contribution in [1.29, 1.82) is 0 Å². The van der Waals surface area contributed by atoms with Gasteiger partial charge in [0.15, 0.2) is 5.82 Å². The van der Waals surface area contributed by atoms with E-state index in [2.05, 4.69) is 16.7 Å². The third kappa shape index (κ3) is 4.20. The first-order valence-corrected chi connectivity index (χ1v) is 9.23. The third-order valence-corrected chi connectivity index (χ3v) is 5.74. The molecule has 1 aromatic heterocycles. The first-order chi connectivity index (χ1) is 9.92. The Morgan fingerprint density at radius 3 is 2.86 bits per heavy atom. The van der Waals surface area contributed by atoms with Crippen molar-refractivity contribution in [3.05, 3.63) is 6.20 Å². The van der Waals surface area contributed by atoms with Crippen molar-refractivity contribution in [3.63, 3.8) is 0 Å². The summed E-state index contributed by atoms with van der Waals surface area (Å²) >= 11 is 0. The highest BCUT2D eigenvalue weighted by Gasteiger charge is 2.22. The number of aryl methyl sites for hydroxylation is 1. The predicted octanol–water partition coefficient (Wildman–Crippen LogP) is 1.98. The molecule has 21 heavy (non-hydrogen) atoms. The van der Waals surface area contributed by atoms with Gasteiger partial charge in [0.05, 0.1) is 0 Å². The van der Waals surface area contributed by atoms with Gasteiger partial charge in [-0.05, 0) is 31.6 Å². The topological polar surface area (TPSA) is 90.0 Å². The molecule has 0 aliphatic heterocycles. The maximum atomic E-state index is 12.2. The van der Waals surface area contributed by atoms with Crippen molar-refractivity contribution in [2.24, 2.45) is 11.8 Å². The van der Waals surface area contributed by atoms with Gasteiger partial charge in [-0.2, -0.15) is 5.10 Å². The maximum Gasteiger partial charge on any atom is 0.245 e. The Morgan fingerprint density at radius 2 is 2.24 bits per heavy atom. The van der Waals surface area contributed by atoms with Gasteiger partial charge in [-0.3, -0.25) is 4.68 Å². The molecule has 120 valence electrons. The minimum atomic E-state index is -3.55. The van der Waals surface area contributed by atoms with Crippen molar-refractivity contribution in [2.45, 2.75) is 57.4 Å². The van der Waals surface area contributed by atoms with Crippen molar-refractivity contribution >= 4 is 15.8 Å². The number of rotatable bonds is 6. The molecule has 6 nitrogen and oxygen atoms in total. The number of aromatic nitrogens is 2. The molecule has 1 saturated carbocycles. The van der Waals surface area contributed by atoms with Crippen molar-refractivity contribution in [3.8, 4) is 0 Å². The molecule has 0 amide bonds. The van der Waals surface area contributed by atoms with Crippen LogP contribution in [0.25, 0.3) is 0 Å². The second-order valence-electron chi connectivity index (χ2n) is 6.06. The average molecular weight is 314 g/mol. The van der Waals surface area contributed by atoms with Gasteiger partial charge in [0.25, 0.3) is 0 Å². The number of anilines is 1. The summed E-state index contributed by atoms with van der Waals surface area (Å²) in [5.41, 5.74) is 5.68. The Labute approximate surface area is 127 Å². The molecule has 2 rings (SSSR count). The van der Waals surface area contributed by atoms with Crippen LogP contribution in [-0.2, 0) is 16.6 Å². The Balaban J connectivity index is 1.90. The molecule has 1 aliphatic carbocycles. The number of hydrogen-bond donors (Lipinski definition) is 2. The summed E-state index contributed by atoms with van der Waals surface area (Å²) in [5, 5.41) is 3.98. The minimum absolute atomic E-state index is 0.0654. The van der Waals surface area contributed by atoms with Crippen molar-refractivity contribution in [1.82, 2.24) is 14.5 Å². The molecule has 2 unspecified atom stereocenters. The number of nitrogens with zero attached hydrogens (tertiary/aromatic N) is 2. The number of sulfonamides is 1. The van der Waals surface area contributed by atoms with E-state index < -0.39 is 10.0 Å². The molecule has 0 radical (unpaired) electrons. The van der Waals surface area contributed by atoms with Crippen LogP contribution in [-0.4, -0.2) is 24.7 Å². The Bertz CT molecular complexity index is 568. The standard InChI is InChI=1S/C14H26N4O2S/c1-3-18-10-13(14(15)17-18)21(19,20)16-8-7-12-6-4-5-11(2)9-12/h10-12,16H,3-9H2,1-2H3,(H2,15,17). The summed E-state index contributed by atoms with van der Waals surface area (Å²) in [7, 11) is -3.55. The quantitative estimate of drug-likeness (QED) is 0.840. The largest absolute Gasteiger partial charge is 0.381 e. The monoisotopic (exact) mass is 314 g/mol. The van der Waals surface area contributed by atoms with E-state index in [1.165, 1.54) is 36.6 Å². The fourth-order valence-corrected chi connectivity index (χ4v) is 4.20. The van der Waals surface area contributed by atoms with Gasteiger partial charge in [-0.15, -0.1) is 0 Å². The van der Waals surface area contributed by atoms with Crippen LogP contribution in [0, 0.1) is 11.8 Å². The zero-order chi connectivity index (χ0) is 15.5. The second kappa shape index (κ2) is 6.79. The lowest BCUT2D eigenvalue weighted by Crippen LogP contribution is -2.27. The maximum absolute atomic E-state index is 12.2. The lowest BCUT2D eigenvalue weighted by molar-refractivity contribution is 0.271. The Hall–Kier alpha value is -1.08. The highest BCUT2D eigenvalue weighted by atomic mass is 32.2. The molecular weight excluding hydrogens is 288 g/mol. The van der Waals surface area contributed by atoms with Crippen LogP contribution in [0.5, 0.6) is 0 Å². The van der Waals surface area contributed by atoms with Crippen LogP contribution >= 0.6 is 0 Å². The second-order valence-corrected chi connectivity index (χ2v) is 7.79. The molecule has 2 atom stereocenters. The van der Waals surface area contributed by atoms with Crippen LogP contribution in [0.3, 0.4) is 0 Å². The van der Waals surface area contributed by atoms with Crippen molar-refractivity contribution in [2.75, 3.05) is 12.3 Å². The zero-order valence-corrected chi connectivity index (χ0v) is 13.7. The molecule has 0 aromatic carbocycles. The number of hydrogen-bond acceptors (Lipinski definition) is 4. The lowest BCUT2D eigenvalue weighted by Gasteiger charge is -2.26. The normalized spacial score (nSPS) is 23.3. The van der Waals surface area contributed by atoms with Gasteiger partial charge < -0.3 is 5.73 Å². The minimum Gasteiger partial charge on any atom is -0.381 e. The molecule has 0 spiro atoms. The summed E-state index contributed by atoms with van der Waals surface area (Å²) in [6.45, 7) is 5.23. The van der Waals surface area contributed by atoms with Crippen molar-refractivity contribution < 1.29 is 8.42 Å². The molecule has 1 fully saturated rings. The molecule has 1 heterocycles. The first kappa shape index (κ1) is 16.3. The Morgan fingerprint density at radius 1 is 1.48 bits per heavy atom. The molecule has 0 bridgehead atoms.